The molecule has 0 saturated heterocycles. The molecule has 1 nitrogen and oxygen atoms in total. The highest BCUT2D eigenvalue weighted by molar-refractivity contribution is 7.28. The molecule has 0 aliphatic rings. The van der Waals surface area contributed by atoms with Gasteiger partial charge in [-0.2, -0.15) is 0 Å². The maximum atomic E-state index is 6.09. The van der Waals surface area contributed by atoms with E-state index in [1.165, 1.54) is 0 Å². The molecule has 0 radical (unpaired) electrons. The summed E-state index contributed by atoms with van der Waals surface area (Å²) in [6.07, 6.45) is 0. The molecule has 0 spiro atoms. The van der Waals surface area contributed by atoms with Crippen LogP contribution in [-0.4, -0.2) is 21.8 Å². The van der Waals surface area contributed by atoms with Crippen molar-refractivity contribution in [3.63, 3.8) is 0 Å². The smallest absolute Gasteiger partial charge is 0.170 e. The van der Waals surface area contributed by atoms with E-state index in [1.807, 2.05) is 0 Å². The Labute approximate surface area is 73.7 Å². The molecule has 0 unspecified atom stereocenters. The minimum atomic E-state index is -1.28. The minimum Gasteiger partial charge on any atom is -0.416 e. The lowest BCUT2D eigenvalue weighted by Crippen LogP contribution is -2.49. The van der Waals surface area contributed by atoms with Crippen LogP contribution in [0.5, 0.6) is 0 Å². The van der Waals surface area contributed by atoms with Crippen LogP contribution in [-0.2, 0) is 4.43 Å². The van der Waals surface area contributed by atoms with Crippen LogP contribution in [0.3, 0.4) is 0 Å². The predicted octanol–water partition coefficient (Wildman–Crippen LogP) is 2.57. The quantitative estimate of drug-likeness (QED) is 0.608. The molecule has 0 saturated carbocycles. The van der Waals surface area contributed by atoms with Gasteiger partial charge >= 0.3 is 0 Å². The van der Waals surface area contributed by atoms with E-state index in [9.17, 15) is 0 Å². The van der Waals surface area contributed by atoms with Crippen molar-refractivity contribution < 1.29 is 4.43 Å². The summed E-state index contributed by atoms with van der Waals surface area (Å²) in [5, 5.41) is 0. The molecule has 0 aromatic rings. The van der Waals surface area contributed by atoms with Crippen molar-refractivity contribution in [1.82, 2.24) is 0 Å². The van der Waals surface area contributed by atoms with Gasteiger partial charge < -0.3 is 4.43 Å². The number of hydrogen-bond acceptors (Lipinski definition) is 1. The molecule has 0 atom stereocenters. The highest BCUT2D eigenvalue weighted by atomic mass is 29.2. The Kier molecular flexibility index (Phi) is 3.53. The first kappa shape index (κ1) is 11.4. The third kappa shape index (κ3) is 4.77. The maximum Gasteiger partial charge on any atom is 0.170 e. The van der Waals surface area contributed by atoms with E-state index in [-0.39, 0.29) is 5.60 Å². The topological polar surface area (TPSA) is 9.23 Å². The molecule has 0 N–H and O–H groups in total. The molecule has 0 amide bonds. The molecule has 0 rings (SSSR count). The lowest BCUT2D eigenvalue weighted by molar-refractivity contribution is 0.127. The monoisotopic (exact) mass is 190 g/mol. The Morgan fingerprint density at radius 2 is 1.45 bits per heavy atom. The lowest BCUT2D eigenvalue weighted by Gasteiger charge is -2.34. The Hall–Kier alpha value is 0.394. The van der Waals surface area contributed by atoms with Gasteiger partial charge in [-0.3, -0.25) is 0 Å². The van der Waals surface area contributed by atoms with Crippen LogP contribution in [0, 0.1) is 0 Å². The fourth-order valence-electron chi connectivity index (χ4n) is 0.907. The predicted molar refractivity (Wildman–Crippen MR) is 57.2 cm³/mol. The molecule has 11 heavy (non-hydrogen) atoms. The largest absolute Gasteiger partial charge is 0.416 e. The van der Waals surface area contributed by atoms with Crippen LogP contribution in [0.4, 0.5) is 0 Å². The molecule has 68 valence electrons. The van der Waals surface area contributed by atoms with E-state index >= 15 is 0 Å². The normalized spacial score (nSPS) is 14.2. The highest BCUT2D eigenvalue weighted by Gasteiger charge is 2.32. The van der Waals surface area contributed by atoms with Gasteiger partial charge in [0.2, 0.25) is 0 Å². The molecule has 0 bridgehead atoms. The summed E-state index contributed by atoms with van der Waals surface area (Å²) >= 11 is 0. The summed E-state index contributed by atoms with van der Waals surface area (Å²) in [4.78, 5) is 0. The molecule has 3 heteroatoms. The van der Waals surface area contributed by atoms with Crippen LogP contribution in [0.2, 0.25) is 26.2 Å². The first-order chi connectivity index (χ1) is 4.65. The molecular weight excluding hydrogens is 168 g/mol. The molecule has 0 fully saturated rings. The van der Waals surface area contributed by atoms with Gasteiger partial charge in [0, 0.05) is 5.60 Å². The van der Waals surface area contributed by atoms with Gasteiger partial charge in [0.15, 0.2) is 7.83 Å². The van der Waals surface area contributed by atoms with Crippen LogP contribution in [0.25, 0.3) is 0 Å². The summed E-state index contributed by atoms with van der Waals surface area (Å²) in [5.74, 6) is 0. The third-order valence-electron chi connectivity index (χ3n) is 1.96. The Morgan fingerprint density at radius 3 is 1.55 bits per heavy atom. The van der Waals surface area contributed by atoms with Crippen molar-refractivity contribution in [1.29, 1.82) is 0 Å². The average Bonchev–Trinajstić information content (AvgIpc) is 1.56. The van der Waals surface area contributed by atoms with Crippen molar-refractivity contribution in [2.24, 2.45) is 0 Å². The Morgan fingerprint density at radius 1 is 1.09 bits per heavy atom. The average molecular weight is 190 g/mol. The number of hydrogen-bond donors (Lipinski definition) is 0. The summed E-state index contributed by atoms with van der Waals surface area (Å²) in [5.41, 5.74) is 0.0625. The Balaban J connectivity index is 4.13. The van der Waals surface area contributed by atoms with Crippen molar-refractivity contribution in [2.45, 2.75) is 52.6 Å². The standard InChI is InChI=1S/C8H22OSi2/c1-8(2,3)9-11(6,7)10(4)5/h10H,1-7H3. The number of rotatable bonds is 2. The molecule has 0 aromatic carbocycles. The van der Waals surface area contributed by atoms with E-state index in [0.29, 0.717) is 0 Å². The van der Waals surface area contributed by atoms with Crippen LogP contribution >= 0.6 is 0 Å². The van der Waals surface area contributed by atoms with Crippen LogP contribution < -0.4 is 0 Å². The van der Waals surface area contributed by atoms with Gasteiger partial charge in [-0.1, -0.05) is 13.1 Å². The summed E-state index contributed by atoms with van der Waals surface area (Å²) in [6, 6.07) is 0. The molecule has 0 aliphatic carbocycles. The van der Waals surface area contributed by atoms with Crippen molar-refractivity contribution in [3.8, 4) is 0 Å². The Bertz CT molecular complexity index is 125. The molecule has 0 aliphatic heterocycles. The molecule has 0 aromatic heterocycles. The van der Waals surface area contributed by atoms with E-state index in [2.05, 4.69) is 47.0 Å². The second-order valence-electron chi connectivity index (χ2n) is 4.97. The van der Waals surface area contributed by atoms with Gasteiger partial charge in [0.05, 0.1) is 8.31 Å². The van der Waals surface area contributed by atoms with Gasteiger partial charge in [0.1, 0.15) is 0 Å². The first-order valence-electron chi connectivity index (χ1n) is 4.35. The fraction of sp³-hybridized carbons (Fsp3) is 1.00. The van der Waals surface area contributed by atoms with Crippen LogP contribution in [0.1, 0.15) is 20.8 Å². The first-order valence-corrected chi connectivity index (χ1v) is 11.4. The third-order valence-corrected chi connectivity index (χ3v) is 14.6. The minimum absolute atomic E-state index is 0.0625. The zero-order valence-corrected chi connectivity index (χ0v) is 11.1. The van der Waals surface area contributed by atoms with Crippen molar-refractivity contribution in [2.75, 3.05) is 0 Å². The zero-order valence-electron chi connectivity index (χ0n) is 8.99. The second kappa shape index (κ2) is 3.41. The highest BCUT2D eigenvalue weighted by Crippen LogP contribution is 2.18. The zero-order chi connectivity index (χ0) is 9.28. The SMILES string of the molecule is C[SiH](C)[Si](C)(C)OC(C)(C)C. The van der Waals surface area contributed by atoms with Gasteiger partial charge in [-0.05, 0) is 33.9 Å². The summed E-state index contributed by atoms with van der Waals surface area (Å²) < 4.78 is 6.09. The van der Waals surface area contributed by atoms with Crippen molar-refractivity contribution in [3.05, 3.63) is 0 Å². The van der Waals surface area contributed by atoms with E-state index in [1.54, 1.807) is 0 Å². The lowest BCUT2D eigenvalue weighted by atomic mass is 10.2. The van der Waals surface area contributed by atoms with Crippen LogP contribution in [0.15, 0.2) is 0 Å². The summed E-state index contributed by atoms with van der Waals surface area (Å²) in [6.45, 7) is 15.9. The molecular formula is C8H22OSi2. The molecule has 0 heterocycles. The van der Waals surface area contributed by atoms with Crippen molar-refractivity contribution >= 4 is 16.1 Å². The van der Waals surface area contributed by atoms with E-state index < -0.39 is 16.1 Å². The van der Waals surface area contributed by atoms with Gasteiger partial charge in [-0.25, -0.2) is 0 Å². The van der Waals surface area contributed by atoms with Gasteiger partial charge in [-0.15, -0.1) is 0 Å². The fourth-order valence-corrected chi connectivity index (χ4v) is 4.49. The van der Waals surface area contributed by atoms with Gasteiger partial charge in [0.25, 0.3) is 0 Å². The maximum absolute atomic E-state index is 6.09. The van der Waals surface area contributed by atoms with E-state index in [4.69, 9.17) is 4.43 Å². The summed E-state index contributed by atoms with van der Waals surface area (Å²) in [7, 11) is -1.84. The van der Waals surface area contributed by atoms with E-state index in [0.717, 1.165) is 0 Å². The second-order valence-corrected chi connectivity index (χ2v) is 18.3.